The average Bonchev–Trinajstić information content (AvgIpc) is 3.24. The Morgan fingerprint density at radius 3 is 2.41 bits per heavy atom. The van der Waals surface area contributed by atoms with Gasteiger partial charge in [0.2, 0.25) is 11.8 Å². The van der Waals surface area contributed by atoms with Gasteiger partial charge in [0.15, 0.2) is 12.6 Å². The molecule has 0 fully saturated rings. The van der Waals surface area contributed by atoms with Gasteiger partial charge >= 0.3 is 0 Å². The number of imide groups is 1. The van der Waals surface area contributed by atoms with Crippen molar-refractivity contribution in [2.75, 3.05) is 73.1 Å². The van der Waals surface area contributed by atoms with Crippen molar-refractivity contribution in [3.8, 4) is 0 Å². The maximum atomic E-state index is 12.7. The van der Waals surface area contributed by atoms with E-state index < -0.39 is 6.04 Å². The molecule has 2 aliphatic rings. The van der Waals surface area contributed by atoms with Crippen LogP contribution in [0.25, 0.3) is 0 Å². The van der Waals surface area contributed by atoms with Crippen LogP contribution < -0.4 is 21.8 Å². The van der Waals surface area contributed by atoms with Crippen molar-refractivity contribution in [2.24, 2.45) is 0 Å². The summed E-state index contributed by atoms with van der Waals surface area (Å²) in [6.45, 7) is 4.41. The second-order valence-electron chi connectivity index (χ2n) is 9.98. The molecule has 44 heavy (non-hydrogen) atoms. The molecule has 16 heteroatoms. The van der Waals surface area contributed by atoms with Crippen molar-refractivity contribution in [3.05, 3.63) is 24.3 Å². The number of ketones is 1. The Morgan fingerprint density at radius 2 is 1.66 bits per heavy atom. The van der Waals surface area contributed by atoms with Crippen LogP contribution in [-0.2, 0) is 48.0 Å². The molecule has 0 bridgehead atoms. The highest BCUT2D eigenvalue weighted by Crippen LogP contribution is 2.07. The van der Waals surface area contributed by atoms with Crippen LogP contribution >= 0.6 is 0 Å². The average molecular weight is 627 g/mol. The SMILES string of the molecule is CCONC(CCCCNOCOC)CONC(CC(=O)NCCOCCN1C(=O)C=CC1=O)CN1CCC(=O)C=CC1=O. The van der Waals surface area contributed by atoms with Crippen LogP contribution in [0.15, 0.2) is 24.3 Å². The first-order valence-electron chi connectivity index (χ1n) is 14.8. The van der Waals surface area contributed by atoms with Gasteiger partial charge in [-0.1, -0.05) is 6.42 Å². The zero-order valence-corrected chi connectivity index (χ0v) is 25.5. The van der Waals surface area contributed by atoms with Crippen molar-refractivity contribution in [2.45, 2.75) is 51.1 Å². The number of amides is 4. The number of nitrogens with one attached hydrogen (secondary N) is 4. The smallest absolute Gasteiger partial charge is 0.253 e. The van der Waals surface area contributed by atoms with Crippen molar-refractivity contribution in [3.63, 3.8) is 0 Å². The summed E-state index contributed by atoms with van der Waals surface area (Å²) < 4.78 is 10.2. The number of hydroxylamine groups is 3. The van der Waals surface area contributed by atoms with Gasteiger partial charge in [0.25, 0.3) is 11.8 Å². The summed E-state index contributed by atoms with van der Waals surface area (Å²) >= 11 is 0. The number of unbranched alkanes of at least 4 members (excludes halogenated alkanes) is 1. The van der Waals surface area contributed by atoms with Crippen LogP contribution in [0.2, 0.25) is 0 Å². The first kappa shape index (κ1) is 37.1. The number of nitrogens with zero attached hydrogens (tertiary/aromatic N) is 2. The number of carbonyl (C=O) groups is 5. The molecule has 2 atom stereocenters. The largest absolute Gasteiger partial charge is 0.378 e. The van der Waals surface area contributed by atoms with Gasteiger partial charge in [-0.25, -0.2) is 0 Å². The van der Waals surface area contributed by atoms with Crippen molar-refractivity contribution >= 4 is 29.4 Å². The molecule has 2 unspecified atom stereocenters. The van der Waals surface area contributed by atoms with Crippen LogP contribution in [0, 0.1) is 0 Å². The van der Waals surface area contributed by atoms with Crippen molar-refractivity contribution in [1.82, 2.24) is 31.6 Å². The Bertz CT molecular complexity index is 961. The van der Waals surface area contributed by atoms with E-state index in [2.05, 4.69) is 21.8 Å². The fourth-order valence-electron chi connectivity index (χ4n) is 4.17. The molecule has 0 aromatic rings. The summed E-state index contributed by atoms with van der Waals surface area (Å²) in [4.78, 5) is 79.0. The van der Waals surface area contributed by atoms with Gasteiger partial charge in [-0.15, -0.1) is 0 Å². The first-order chi connectivity index (χ1) is 21.3. The van der Waals surface area contributed by atoms with E-state index in [1.54, 1.807) is 7.11 Å². The van der Waals surface area contributed by atoms with Gasteiger partial charge in [0, 0.05) is 64.4 Å². The third-order valence-electron chi connectivity index (χ3n) is 6.44. The summed E-state index contributed by atoms with van der Waals surface area (Å²) in [6.07, 6.45) is 7.55. The van der Waals surface area contributed by atoms with Crippen molar-refractivity contribution in [1.29, 1.82) is 0 Å². The van der Waals surface area contributed by atoms with Gasteiger partial charge in [-0.2, -0.15) is 16.4 Å². The number of methoxy groups -OCH3 is 1. The third-order valence-corrected chi connectivity index (χ3v) is 6.44. The Kier molecular flexibility index (Phi) is 18.9. The molecule has 4 amide bonds. The van der Waals surface area contributed by atoms with Crippen LogP contribution in [0.3, 0.4) is 0 Å². The topological polar surface area (TPSA) is 186 Å². The maximum Gasteiger partial charge on any atom is 0.253 e. The van der Waals surface area contributed by atoms with Gasteiger partial charge in [0.1, 0.15) is 0 Å². The molecule has 0 aromatic carbocycles. The summed E-state index contributed by atoms with van der Waals surface area (Å²) in [6, 6.07) is -0.715. The molecular formula is C28H46N6O10. The fraction of sp³-hybridized carbons (Fsp3) is 0.679. The highest BCUT2D eigenvalue weighted by Gasteiger charge is 2.24. The molecule has 4 N–H and O–H groups in total. The molecule has 2 heterocycles. The molecule has 0 aliphatic carbocycles. The molecule has 2 rings (SSSR count). The minimum Gasteiger partial charge on any atom is -0.378 e. The lowest BCUT2D eigenvalue weighted by molar-refractivity contribution is -0.137. The van der Waals surface area contributed by atoms with E-state index in [-0.39, 0.29) is 101 Å². The third kappa shape index (κ3) is 15.6. The van der Waals surface area contributed by atoms with E-state index in [0.717, 1.165) is 24.2 Å². The molecular weight excluding hydrogens is 580 g/mol. The summed E-state index contributed by atoms with van der Waals surface area (Å²) in [7, 11) is 1.54. The summed E-state index contributed by atoms with van der Waals surface area (Å²) in [5.74, 6) is -1.52. The normalized spacial score (nSPS) is 16.6. The predicted octanol–water partition coefficient (Wildman–Crippen LogP) is -1.11. The van der Waals surface area contributed by atoms with E-state index in [4.69, 9.17) is 24.0 Å². The summed E-state index contributed by atoms with van der Waals surface area (Å²) in [5, 5.41) is 2.76. The fourth-order valence-corrected chi connectivity index (χ4v) is 4.17. The van der Waals surface area contributed by atoms with E-state index in [1.165, 1.54) is 29.2 Å². The molecule has 0 saturated carbocycles. The van der Waals surface area contributed by atoms with Gasteiger partial charge < -0.3 is 24.5 Å². The molecule has 0 aromatic heterocycles. The maximum absolute atomic E-state index is 12.7. The highest BCUT2D eigenvalue weighted by molar-refractivity contribution is 6.12. The lowest BCUT2D eigenvalue weighted by Gasteiger charge is -2.27. The van der Waals surface area contributed by atoms with Crippen LogP contribution in [-0.4, -0.2) is 124 Å². The van der Waals surface area contributed by atoms with E-state index in [1.807, 2.05) is 6.92 Å². The lowest BCUT2D eigenvalue weighted by atomic mass is 10.1. The quantitative estimate of drug-likeness (QED) is 0.0414. The zero-order chi connectivity index (χ0) is 32.0. The predicted molar refractivity (Wildman–Crippen MR) is 156 cm³/mol. The number of hydrogen-bond donors (Lipinski definition) is 4. The number of allylic oxidation sites excluding steroid dienone is 1. The van der Waals surface area contributed by atoms with E-state index in [0.29, 0.717) is 13.2 Å². The Hall–Kier alpha value is -3.09. The number of ether oxygens (including phenoxy) is 2. The van der Waals surface area contributed by atoms with Gasteiger partial charge in [-0.3, -0.25) is 38.5 Å². The Morgan fingerprint density at radius 1 is 0.909 bits per heavy atom. The van der Waals surface area contributed by atoms with Crippen molar-refractivity contribution < 1.29 is 48.0 Å². The second kappa shape index (κ2) is 22.4. The molecule has 0 saturated heterocycles. The van der Waals surface area contributed by atoms with Crippen LogP contribution in [0.1, 0.15) is 39.0 Å². The minimum atomic E-state index is -0.573. The number of rotatable bonds is 25. The molecule has 2 aliphatic heterocycles. The molecule has 0 spiro atoms. The van der Waals surface area contributed by atoms with Gasteiger partial charge in [-0.05, 0) is 25.8 Å². The minimum absolute atomic E-state index is 0.0133. The first-order valence-corrected chi connectivity index (χ1v) is 14.8. The zero-order valence-electron chi connectivity index (χ0n) is 25.5. The highest BCUT2D eigenvalue weighted by atomic mass is 16.7. The lowest BCUT2D eigenvalue weighted by Crippen LogP contribution is -2.47. The molecule has 16 nitrogen and oxygen atoms in total. The molecule has 0 radical (unpaired) electrons. The second-order valence-corrected chi connectivity index (χ2v) is 9.98. The summed E-state index contributed by atoms with van der Waals surface area (Å²) in [5.41, 5.74) is 8.71. The Labute approximate surface area is 257 Å². The van der Waals surface area contributed by atoms with Crippen LogP contribution in [0.5, 0.6) is 0 Å². The monoisotopic (exact) mass is 626 g/mol. The van der Waals surface area contributed by atoms with Gasteiger partial charge in [0.05, 0.1) is 45.1 Å². The molecule has 248 valence electrons. The van der Waals surface area contributed by atoms with E-state index >= 15 is 0 Å². The Balaban J connectivity index is 1.80. The standard InChI is InChI=1S/C28H46N6O10/c1-3-42-31-22(6-4-5-12-30-44-21-40-2)20-43-32-23(19-33-14-11-24(35)7-8-26(33)37)18-25(36)29-13-16-41-17-15-34-27(38)9-10-28(34)39/h7-10,22-23,30-32H,3-6,11-21H2,1-2H3,(H,29,36). The number of hydrogen-bond acceptors (Lipinski definition) is 13. The van der Waals surface area contributed by atoms with Crippen LogP contribution in [0.4, 0.5) is 0 Å². The van der Waals surface area contributed by atoms with E-state index in [9.17, 15) is 24.0 Å². The number of carbonyl (C=O) groups excluding carboxylic acids is 5.